The van der Waals surface area contributed by atoms with Gasteiger partial charge in [-0.1, -0.05) is 19.9 Å². The Bertz CT molecular complexity index is 548. The molecule has 0 spiro atoms. The first-order valence-corrected chi connectivity index (χ1v) is 7.32. The maximum atomic E-state index is 12.0. The van der Waals surface area contributed by atoms with Crippen molar-refractivity contribution in [1.29, 1.82) is 0 Å². The van der Waals surface area contributed by atoms with Crippen molar-refractivity contribution in [3.05, 3.63) is 33.9 Å². The van der Waals surface area contributed by atoms with E-state index in [-0.39, 0.29) is 12.3 Å². The van der Waals surface area contributed by atoms with Crippen LogP contribution in [0.25, 0.3) is 0 Å². The second-order valence-electron chi connectivity index (χ2n) is 5.42. The summed E-state index contributed by atoms with van der Waals surface area (Å²) in [5, 5.41) is 25.5. The van der Waals surface area contributed by atoms with Gasteiger partial charge in [0.15, 0.2) is 0 Å². The van der Waals surface area contributed by atoms with E-state index in [1.54, 1.807) is 12.1 Å². The second-order valence-corrected chi connectivity index (χ2v) is 5.42. The number of aliphatic hydroxyl groups excluding tert-OH is 1. The molecule has 1 rings (SSSR count). The quantitative estimate of drug-likeness (QED) is 0.532. The van der Waals surface area contributed by atoms with E-state index in [0.29, 0.717) is 30.5 Å². The third-order valence-electron chi connectivity index (χ3n) is 3.78. The van der Waals surface area contributed by atoms with Gasteiger partial charge in [-0.25, -0.2) is 4.79 Å². The lowest BCUT2D eigenvalue weighted by Gasteiger charge is -2.29. The van der Waals surface area contributed by atoms with E-state index in [1.165, 1.54) is 6.07 Å². The number of hydrogen-bond acceptors (Lipinski definition) is 4. The molecule has 0 aliphatic carbocycles. The molecule has 0 aromatic heterocycles. The Hall–Kier alpha value is -2.15. The van der Waals surface area contributed by atoms with Gasteiger partial charge in [0.25, 0.3) is 5.69 Å². The molecule has 0 bridgehead atoms. The number of hydrogen-bond donors (Lipinski definition) is 3. The van der Waals surface area contributed by atoms with Crippen molar-refractivity contribution >= 4 is 17.4 Å². The molecular weight excluding hydrogens is 286 g/mol. The number of anilines is 1. The van der Waals surface area contributed by atoms with Crippen LogP contribution in [0, 0.1) is 10.1 Å². The molecule has 22 heavy (non-hydrogen) atoms. The molecule has 0 saturated carbocycles. The van der Waals surface area contributed by atoms with E-state index in [9.17, 15) is 14.9 Å². The molecule has 7 nitrogen and oxygen atoms in total. The fourth-order valence-corrected chi connectivity index (χ4v) is 2.12. The van der Waals surface area contributed by atoms with Gasteiger partial charge in [0.2, 0.25) is 0 Å². The summed E-state index contributed by atoms with van der Waals surface area (Å²) in [6, 6.07) is 4.19. The number of nitrogens with zero attached hydrogens (tertiary/aromatic N) is 1. The number of rotatable bonds is 7. The molecule has 0 heterocycles. The molecule has 0 aliphatic heterocycles. The van der Waals surface area contributed by atoms with Crippen molar-refractivity contribution in [3.8, 4) is 0 Å². The lowest BCUT2D eigenvalue weighted by Crippen LogP contribution is -2.48. The minimum atomic E-state index is -0.520. The monoisotopic (exact) mass is 309 g/mol. The van der Waals surface area contributed by atoms with Crippen LogP contribution in [0.1, 0.15) is 39.2 Å². The molecular formula is C15H23N3O4. The standard InChI is InChI=1S/C15H23N3O4/c1-4-11-6-7-12(10-13(11)18(21)22)16-14(20)17-15(3,5-2)8-9-19/h6-7,10,19H,4-5,8-9H2,1-3H3,(H2,16,17,20). The number of benzene rings is 1. The summed E-state index contributed by atoms with van der Waals surface area (Å²) < 4.78 is 0. The average Bonchev–Trinajstić information content (AvgIpc) is 2.47. The van der Waals surface area contributed by atoms with Gasteiger partial charge in [0.1, 0.15) is 0 Å². The first-order valence-electron chi connectivity index (χ1n) is 7.32. The number of aliphatic hydroxyl groups is 1. The van der Waals surface area contributed by atoms with E-state index in [2.05, 4.69) is 10.6 Å². The first kappa shape index (κ1) is 17.9. The van der Waals surface area contributed by atoms with Gasteiger partial charge in [-0.05, 0) is 32.3 Å². The van der Waals surface area contributed by atoms with Crippen LogP contribution in [0.3, 0.4) is 0 Å². The summed E-state index contributed by atoms with van der Waals surface area (Å²) in [6.45, 7) is 5.56. The second kappa shape index (κ2) is 7.74. The van der Waals surface area contributed by atoms with E-state index in [0.717, 1.165) is 0 Å². The van der Waals surface area contributed by atoms with Crippen molar-refractivity contribution in [1.82, 2.24) is 5.32 Å². The highest BCUT2D eigenvalue weighted by Gasteiger charge is 2.24. The molecule has 0 radical (unpaired) electrons. The topological polar surface area (TPSA) is 104 Å². The Kier molecular flexibility index (Phi) is 6.30. The zero-order valence-corrected chi connectivity index (χ0v) is 13.2. The minimum Gasteiger partial charge on any atom is -0.396 e. The van der Waals surface area contributed by atoms with Crippen LogP contribution >= 0.6 is 0 Å². The maximum Gasteiger partial charge on any atom is 0.319 e. The van der Waals surface area contributed by atoms with Gasteiger partial charge in [-0.15, -0.1) is 0 Å². The number of nitro groups is 1. The van der Waals surface area contributed by atoms with Crippen LogP contribution < -0.4 is 10.6 Å². The normalized spacial score (nSPS) is 13.3. The van der Waals surface area contributed by atoms with Gasteiger partial charge in [0.05, 0.1) is 4.92 Å². The molecule has 122 valence electrons. The fourth-order valence-electron chi connectivity index (χ4n) is 2.12. The van der Waals surface area contributed by atoms with Crippen LogP contribution in [0.5, 0.6) is 0 Å². The van der Waals surface area contributed by atoms with Crippen LogP contribution in [0.15, 0.2) is 18.2 Å². The molecule has 1 atom stereocenters. The van der Waals surface area contributed by atoms with E-state index >= 15 is 0 Å². The molecule has 1 aromatic rings. The summed E-state index contributed by atoms with van der Waals surface area (Å²) in [7, 11) is 0. The van der Waals surface area contributed by atoms with Crippen LogP contribution in [-0.2, 0) is 6.42 Å². The molecule has 1 unspecified atom stereocenters. The Morgan fingerprint density at radius 1 is 1.41 bits per heavy atom. The van der Waals surface area contributed by atoms with Crippen LogP contribution in [0.4, 0.5) is 16.2 Å². The average molecular weight is 309 g/mol. The molecule has 2 amide bonds. The first-order chi connectivity index (χ1) is 10.3. The van der Waals surface area contributed by atoms with Crippen molar-refractivity contribution in [2.75, 3.05) is 11.9 Å². The lowest BCUT2D eigenvalue weighted by atomic mass is 9.95. The molecule has 0 aliphatic rings. The predicted octanol–water partition coefficient (Wildman–Crippen LogP) is 2.83. The van der Waals surface area contributed by atoms with Crippen LogP contribution in [0.2, 0.25) is 0 Å². The van der Waals surface area contributed by atoms with Crippen LogP contribution in [-0.4, -0.2) is 28.2 Å². The van der Waals surface area contributed by atoms with Crippen molar-refractivity contribution < 1.29 is 14.8 Å². The summed E-state index contributed by atoms with van der Waals surface area (Å²) in [5.74, 6) is 0. The van der Waals surface area contributed by atoms with Crippen molar-refractivity contribution in [2.24, 2.45) is 0 Å². The third-order valence-corrected chi connectivity index (χ3v) is 3.78. The number of nitrogens with one attached hydrogen (secondary N) is 2. The Balaban J connectivity index is 2.84. The van der Waals surface area contributed by atoms with Gasteiger partial charge < -0.3 is 15.7 Å². The minimum absolute atomic E-state index is 0.00564. The summed E-state index contributed by atoms with van der Waals surface area (Å²) >= 11 is 0. The highest BCUT2D eigenvalue weighted by atomic mass is 16.6. The molecule has 0 fully saturated rings. The smallest absolute Gasteiger partial charge is 0.319 e. The lowest BCUT2D eigenvalue weighted by molar-refractivity contribution is -0.385. The molecule has 1 aromatic carbocycles. The van der Waals surface area contributed by atoms with Gasteiger partial charge >= 0.3 is 6.03 Å². The number of aryl methyl sites for hydroxylation is 1. The van der Waals surface area contributed by atoms with Gasteiger partial charge in [-0.3, -0.25) is 10.1 Å². The SMILES string of the molecule is CCc1ccc(NC(=O)NC(C)(CC)CCO)cc1[N+](=O)[O-]. The van der Waals surface area contributed by atoms with E-state index in [4.69, 9.17) is 5.11 Å². The maximum absolute atomic E-state index is 12.0. The number of amides is 2. The van der Waals surface area contributed by atoms with E-state index in [1.807, 2.05) is 20.8 Å². The van der Waals surface area contributed by atoms with E-state index < -0.39 is 16.5 Å². The zero-order valence-electron chi connectivity index (χ0n) is 13.2. The molecule has 0 saturated heterocycles. The Labute approximate surface area is 129 Å². The largest absolute Gasteiger partial charge is 0.396 e. The highest BCUT2D eigenvalue weighted by Crippen LogP contribution is 2.24. The number of nitro benzene ring substituents is 1. The zero-order chi connectivity index (χ0) is 16.8. The Morgan fingerprint density at radius 2 is 2.09 bits per heavy atom. The summed E-state index contributed by atoms with van der Waals surface area (Å²) in [5.41, 5.74) is 0.459. The number of urea groups is 1. The van der Waals surface area contributed by atoms with Crippen molar-refractivity contribution in [2.45, 2.75) is 45.6 Å². The third kappa shape index (κ3) is 4.70. The number of carbonyl (C=O) groups excluding carboxylic acids is 1. The fraction of sp³-hybridized carbons (Fsp3) is 0.533. The number of carbonyl (C=O) groups is 1. The highest BCUT2D eigenvalue weighted by molar-refractivity contribution is 5.90. The molecule has 3 N–H and O–H groups in total. The summed E-state index contributed by atoms with van der Waals surface area (Å²) in [4.78, 5) is 22.6. The van der Waals surface area contributed by atoms with Gasteiger partial charge in [-0.2, -0.15) is 0 Å². The van der Waals surface area contributed by atoms with Crippen molar-refractivity contribution in [3.63, 3.8) is 0 Å². The van der Waals surface area contributed by atoms with Gasteiger partial charge in [0, 0.05) is 29.5 Å². The summed E-state index contributed by atoms with van der Waals surface area (Å²) in [6.07, 6.45) is 1.65. The predicted molar refractivity (Wildman–Crippen MR) is 85.0 cm³/mol. The molecule has 7 heteroatoms. The Morgan fingerprint density at radius 3 is 2.59 bits per heavy atom.